The summed E-state index contributed by atoms with van der Waals surface area (Å²) in [7, 11) is 0. The molecule has 0 aromatic heterocycles. The van der Waals surface area contributed by atoms with Crippen LogP contribution in [0.1, 0.15) is 39.5 Å². The van der Waals surface area contributed by atoms with Crippen molar-refractivity contribution in [2.24, 2.45) is 0 Å². The smallest absolute Gasteiger partial charge is 0.249 e. The Morgan fingerprint density at radius 3 is 2.80 bits per heavy atom. The van der Waals surface area contributed by atoms with Gasteiger partial charge in [0, 0.05) is 17.5 Å². The van der Waals surface area contributed by atoms with Crippen LogP contribution in [-0.4, -0.2) is 29.5 Å². The molecule has 0 radical (unpaired) electrons. The van der Waals surface area contributed by atoms with E-state index in [1.807, 2.05) is 6.92 Å². The van der Waals surface area contributed by atoms with E-state index in [9.17, 15) is 4.79 Å². The Labute approximate surface area is 100 Å². The lowest BCUT2D eigenvalue weighted by molar-refractivity contribution is -0.137. The zero-order chi connectivity index (χ0) is 11.3. The van der Waals surface area contributed by atoms with Gasteiger partial charge in [-0.05, 0) is 32.6 Å². The highest BCUT2D eigenvalue weighted by molar-refractivity contribution is 9.09. The molecule has 1 aliphatic heterocycles. The molecule has 1 N–H and O–H groups in total. The van der Waals surface area contributed by atoms with Crippen LogP contribution in [0.2, 0.25) is 0 Å². The molecule has 88 valence electrons. The monoisotopic (exact) mass is 277 g/mol. The molecule has 4 heteroatoms. The quantitative estimate of drug-likeness (QED) is 0.801. The van der Waals surface area contributed by atoms with Crippen molar-refractivity contribution < 1.29 is 9.53 Å². The highest BCUT2D eigenvalue weighted by Gasteiger charge is 2.28. The number of hydrogen-bond acceptors (Lipinski definition) is 2. The van der Waals surface area contributed by atoms with Crippen molar-refractivity contribution in [3.63, 3.8) is 0 Å². The normalized spacial score (nSPS) is 25.7. The van der Waals surface area contributed by atoms with Crippen LogP contribution in [-0.2, 0) is 9.53 Å². The maximum Gasteiger partial charge on any atom is 0.249 e. The van der Waals surface area contributed by atoms with Gasteiger partial charge in [-0.15, -0.1) is 0 Å². The number of hydrogen-bond donors (Lipinski definition) is 1. The number of alkyl halides is 1. The SMILES string of the molecule is CCC(C)(CBr)NC(=O)C1CCCCO1. The second-order valence-electron chi connectivity index (χ2n) is 4.39. The summed E-state index contributed by atoms with van der Waals surface area (Å²) in [6.07, 6.45) is 3.70. The molecule has 1 aliphatic rings. The molecule has 1 rings (SSSR count). The average Bonchev–Trinajstić information content (AvgIpc) is 2.30. The van der Waals surface area contributed by atoms with Crippen LogP contribution in [0.3, 0.4) is 0 Å². The Balaban J connectivity index is 2.46. The molecule has 15 heavy (non-hydrogen) atoms. The topological polar surface area (TPSA) is 38.3 Å². The summed E-state index contributed by atoms with van der Waals surface area (Å²) < 4.78 is 5.45. The maximum atomic E-state index is 11.9. The van der Waals surface area contributed by atoms with Crippen molar-refractivity contribution in [3.05, 3.63) is 0 Å². The number of carbonyl (C=O) groups is 1. The molecule has 0 aliphatic carbocycles. The van der Waals surface area contributed by atoms with Crippen LogP contribution in [0.5, 0.6) is 0 Å². The largest absolute Gasteiger partial charge is 0.368 e. The fourth-order valence-corrected chi connectivity index (χ4v) is 2.08. The van der Waals surface area contributed by atoms with Crippen LogP contribution in [0.25, 0.3) is 0 Å². The zero-order valence-corrected chi connectivity index (χ0v) is 11.1. The Kier molecular flexibility index (Phi) is 5.06. The Morgan fingerprint density at radius 1 is 1.60 bits per heavy atom. The van der Waals surface area contributed by atoms with Crippen LogP contribution < -0.4 is 5.32 Å². The predicted octanol–water partition coefficient (Wildman–Crippen LogP) is 2.24. The number of halogens is 1. The van der Waals surface area contributed by atoms with E-state index in [0.29, 0.717) is 0 Å². The summed E-state index contributed by atoms with van der Waals surface area (Å²) in [5.41, 5.74) is -0.155. The molecule has 0 aromatic rings. The Hall–Kier alpha value is -0.0900. The van der Waals surface area contributed by atoms with Crippen molar-refractivity contribution in [1.29, 1.82) is 0 Å². The highest BCUT2D eigenvalue weighted by atomic mass is 79.9. The summed E-state index contributed by atoms with van der Waals surface area (Å²) in [6.45, 7) is 4.83. The van der Waals surface area contributed by atoms with Crippen molar-refractivity contribution >= 4 is 21.8 Å². The second kappa shape index (κ2) is 5.85. The van der Waals surface area contributed by atoms with Gasteiger partial charge >= 0.3 is 0 Å². The van der Waals surface area contributed by atoms with E-state index < -0.39 is 0 Å². The van der Waals surface area contributed by atoms with Crippen molar-refractivity contribution in [2.75, 3.05) is 11.9 Å². The highest BCUT2D eigenvalue weighted by Crippen LogP contribution is 2.16. The van der Waals surface area contributed by atoms with Crippen LogP contribution in [0.15, 0.2) is 0 Å². The predicted molar refractivity (Wildman–Crippen MR) is 64.2 cm³/mol. The second-order valence-corrected chi connectivity index (χ2v) is 4.95. The first-order valence-corrected chi connectivity index (χ1v) is 6.73. The molecule has 0 aromatic carbocycles. The lowest BCUT2D eigenvalue weighted by Gasteiger charge is -2.30. The number of ether oxygens (including phenoxy) is 1. The molecule has 1 saturated heterocycles. The van der Waals surface area contributed by atoms with Gasteiger partial charge in [-0.3, -0.25) is 4.79 Å². The standard InChI is InChI=1S/C11H20BrNO2/c1-3-11(2,8-12)13-10(14)9-6-4-5-7-15-9/h9H,3-8H2,1-2H3,(H,13,14). The number of amides is 1. The molecule has 3 nitrogen and oxygen atoms in total. The van der Waals surface area contributed by atoms with E-state index in [1.54, 1.807) is 0 Å². The van der Waals surface area contributed by atoms with E-state index >= 15 is 0 Å². The third-order valence-corrected chi connectivity index (χ3v) is 4.21. The minimum atomic E-state index is -0.233. The molecule has 1 amide bonds. The van der Waals surface area contributed by atoms with Gasteiger partial charge in [-0.25, -0.2) is 0 Å². The third kappa shape index (κ3) is 3.76. The average molecular weight is 278 g/mol. The number of rotatable bonds is 4. The molecule has 2 unspecified atom stereocenters. The van der Waals surface area contributed by atoms with Crippen LogP contribution >= 0.6 is 15.9 Å². The van der Waals surface area contributed by atoms with Crippen LogP contribution in [0.4, 0.5) is 0 Å². The minimum absolute atomic E-state index is 0.0403. The molecule has 0 spiro atoms. The van der Waals surface area contributed by atoms with Gasteiger partial charge in [0.2, 0.25) is 5.91 Å². The fourth-order valence-electron chi connectivity index (χ4n) is 1.54. The first-order valence-electron chi connectivity index (χ1n) is 5.61. The van der Waals surface area contributed by atoms with Gasteiger partial charge in [-0.1, -0.05) is 22.9 Å². The summed E-state index contributed by atoms with van der Waals surface area (Å²) in [5.74, 6) is 0.0403. The van der Waals surface area contributed by atoms with Crippen molar-refractivity contribution in [2.45, 2.75) is 51.2 Å². The Bertz CT molecular complexity index is 211. The Morgan fingerprint density at radius 2 is 2.33 bits per heavy atom. The first kappa shape index (κ1) is 13.0. The molecule has 0 saturated carbocycles. The van der Waals surface area contributed by atoms with Gasteiger partial charge in [0.15, 0.2) is 0 Å². The third-order valence-electron chi connectivity index (χ3n) is 2.97. The molecule has 1 heterocycles. The summed E-state index contributed by atoms with van der Waals surface area (Å²) in [6, 6.07) is 0. The lowest BCUT2D eigenvalue weighted by atomic mass is 10.0. The lowest BCUT2D eigenvalue weighted by Crippen LogP contribution is -2.51. The first-order chi connectivity index (χ1) is 7.11. The van der Waals surface area contributed by atoms with E-state index in [-0.39, 0.29) is 17.6 Å². The summed E-state index contributed by atoms with van der Waals surface area (Å²) >= 11 is 3.43. The molecular weight excluding hydrogens is 258 g/mol. The molecular formula is C11H20BrNO2. The molecule has 2 atom stereocenters. The van der Waals surface area contributed by atoms with Crippen LogP contribution in [0, 0.1) is 0 Å². The van der Waals surface area contributed by atoms with E-state index in [4.69, 9.17) is 4.74 Å². The number of nitrogens with one attached hydrogen (secondary N) is 1. The van der Waals surface area contributed by atoms with E-state index in [0.717, 1.165) is 37.6 Å². The minimum Gasteiger partial charge on any atom is -0.368 e. The van der Waals surface area contributed by atoms with Crippen molar-refractivity contribution in [3.8, 4) is 0 Å². The molecule has 0 bridgehead atoms. The van der Waals surface area contributed by atoms with E-state index in [1.165, 1.54) is 0 Å². The number of carbonyl (C=O) groups excluding carboxylic acids is 1. The van der Waals surface area contributed by atoms with Crippen molar-refractivity contribution in [1.82, 2.24) is 5.32 Å². The van der Waals surface area contributed by atoms with E-state index in [2.05, 4.69) is 28.2 Å². The van der Waals surface area contributed by atoms with Gasteiger partial charge < -0.3 is 10.1 Å². The zero-order valence-electron chi connectivity index (χ0n) is 9.51. The van der Waals surface area contributed by atoms with Gasteiger partial charge in [0.05, 0.1) is 0 Å². The maximum absolute atomic E-state index is 11.9. The van der Waals surface area contributed by atoms with Gasteiger partial charge in [0.25, 0.3) is 0 Å². The summed E-state index contributed by atoms with van der Waals surface area (Å²) in [5, 5.41) is 3.82. The summed E-state index contributed by atoms with van der Waals surface area (Å²) in [4.78, 5) is 11.9. The molecule has 1 fully saturated rings. The fraction of sp³-hybridized carbons (Fsp3) is 0.909. The van der Waals surface area contributed by atoms with Gasteiger partial charge in [-0.2, -0.15) is 0 Å². The van der Waals surface area contributed by atoms with Gasteiger partial charge in [0.1, 0.15) is 6.10 Å².